The molecule has 0 saturated carbocycles. The van der Waals surface area contributed by atoms with Crippen molar-refractivity contribution >= 4 is 5.97 Å². The van der Waals surface area contributed by atoms with E-state index in [0.717, 1.165) is 0 Å². The summed E-state index contributed by atoms with van der Waals surface area (Å²) >= 11 is 0. The first-order valence-electron chi connectivity index (χ1n) is 2.87. The van der Waals surface area contributed by atoms with Gasteiger partial charge in [-0.2, -0.15) is 0 Å². The number of carboxylic acid groups (broad SMARTS) is 1. The fraction of sp³-hybridized carbons (Fsp3) is 0. The molecule has 58 valence electrons. The van der Waals surface area contributed by atoms with Crippen LogP contribution in [0.3, 0.4) is 0 Å². The molecule has 0 bridgehead atoms. The summed E-state index contributed by atoms with van der Waals surface area (Å²) in [6.07, 6.45) is 0. The number of hydrogen-bond donors (Lipinski definition) is 1. The first kappa shape index (κ1) is 7.56. The van der Waals surface area contributed by atoms with E-state index in [1.165, 1.54) is 24.3 Å². The highest BCUT2D eigenvalue weighted by atomic mass is 17.1. The maximum atomic E-state index is 10.3. The van der Waals surface area contributed by atoms with E-state index in [9.17, 15) is 10.1 Å². The van der Waals surface area contributed by atoms with Crippen molar-refractivity contribution in [3.63, 3.8) is 0 Å². The number of rotatable bonds is 2. The highest BCUT2D eigenvalue weighted by molar-refractivity contribution is 5.87. The molecule has 0 heterocycles. The van der Waals surface area contributed by atoms with Gasteiger partial charge in [0.25, 0.3) is 0 Å². The van der Waals surface area contributed by atoms with Crippen LogP contribution in [0.25, 0.3) is 0 Å². The normalized spacial score (nSPS) is 9.18. The second-order valence-electron chi connectivity index (χ2n) is 1.91. The summed E-state index contributed by atoms with van der Waals surface area (Å²) in [5.41, 5.74) is 0.130. The van der Waals surface area contributed by atoms with Crippen LogP contribution in [0.2, 0.25) is 0 Å². The van der Waals surface area contributed by atoms with E-state index in [-0.39, 0.29) is 11.3 Å². The predicted octanol–water partition coefficient (Wildman–Crippen LogP) is 0.0389. The van der Waals surface area contributed by atoms with Gasteiger partial charge in [0.2, 0.25) is 0 Å². The molecule has 0 unspecified atom stereocenters. The summed E-state index contributed by atoms with van der Waals surface area (Å²) in [5.74, 6) is -0.919. The highest BCUT2D eigenvalue weighted by Gasteiger charge is 1.99. The van der Waals surface area contributed by atoms with Gasteiger partial charge >= 0.3 is 5.97 Å². The average Bonchev–Trinajstić information content (AvgIpc) is 2.05. The topological polar surface area (TPSA) is 69.6 Å². The number of carbonyl (C=O) groups is 1. The molecule has 0 amide bonds. The highest BCUT2D eigenvalue weighted by Crippen LogP contribution is 2.09. The smallest absolute Gasteiger partial charge is 0.335 e. The van der Waals surface area contributed by atoms with Crippen LogP contribution in [0.15, 0.2) is 24.3 Å². The van der Waals surface area contributed by atoms with Gasteiger partial charge in [-0.1, -0.05) is 0 Å². The minimum absolute atomic E-state index is 0.106. The van der Waals surface area contributed by atoms with E-state index in [1.807, 2.05) is 0 Å². The molecule has 0 spiro atoms. The molecule has 4 nitrogen and oxygen atoms in total. The van der Waals surface area contributed by atoms with Gasteiger partial charge in [0.15, 0.2) is 0 Å². The standard InChI is InChI=1S/C7H6O4/c8-7(9)5-1-3-6(11-10)4-2-5/h1-4,10H,(H,8,9)/p-1. The van der Waals surface area contributed by atoms with Crippen molar-refractivity contribution in [3.05, 3.63) is 29.8 Å². The minimum Gasteiger partial charge on any atom is -0.664 e. The van der Waals surface area contributed by atoms with Crippen LogP contribution >= 0.6 is 0 Å². The van der Waals surface area contributed by atoms with Crippen molar-refractivity contribution in [2.45, 2.75) is 0 Å². The molecule has 0 saturated heterocycles. The molecule has 0 aliphatic carbocycles. The minimum atomic E-state index is -1.03. The maximum absolute atomic E-state index is 10.3. The quantitative estimate of drug-likeness (QED) is 0.481. The molecule has 1 aromatic carbocycles. The Hall–Kier alpha value is -1.55. The number of carboxylic acids is 1. The average molecular weight is 153 g/mol. The molecule has 0 aliphatic rings. The SMILES string of the molecule is O=C(O)c1ccc(O[O-])cc1. The molecule has 0 atom stereocenters. The van der Waals surface area contributed by atoms with Crippen LogP contribution in [0.1, 0.15) is 10.4 Å². The van der Waals surface area contributed by atoms with E-state index >= 15 is 0 Å². The Bertz CT molecular complexity index is 252. The molecule has 4 heteroatoms. The van der Waals surface area contributed by atoms with Gasteiger partial charge in [0.1, 0.15) is 5.75 Å². The maximum Gasteiger partial charge on any atom is 0.335 e. The van der Waals surface area contributed by atoms with Crippen LogP contribution in [0.4, 0.5) is 0 Å². The molecular weight excluding hydrogens is 148 g/mol. The third-order valence-electron chi connectivity index (χ3n) is 1.20. The number of hydrogen-bond acceptors (Lipinski definition) is 3. The molecule has 11 heavy (non-hydrogen) atoms. The Morgan fingerprint density at radius 3 is 2.27 bits per heavy atom. The van der Waals surface area contributed by atoms with Crippen molar-refractivity contribution < 1.29 is 20.0 Å². The van der Waals surface area contributed by atoms with E-state index in [2.05, 4.69) is 4.89 Å². The molecule has 0 aliphatic heterocycles. The lowest BCUT2D eigenvalue weighted by atomic mass is 10.2. The molecule has 1 aromatic rings. The van der Waals surface area contributed by atoms with Crippen molar-refractivity contribution in [1.82, 2.24) is 0 Å². The molecule has 1 rings (SSSR count). The molecule has 0 radical (unpaired) electrons. The second kappa shape index (κ2) is 3.03. The lowest BCUT2D eigenvalue weighted by molar-refractivity contribution is -0.635. The Morgan fingerprint density at radius 1 is 1.36 bits per heavy atom. The summed E-state index contributed by atoms with van der Waals surface area (Å²) in [6, 6.07) is 5.21. The summed E-state index contributed by atoms with van der Waals surface area (Å²) in [6.45, 7) is 0. The van der Waals surface area contributed by atoms with Crippen LogP contribution < -0.4 is 10.1 Å². The van der Waals surface area contributed by atoms with Crippen LogP contribution in [0, 0.1) is 0 Å². The Balaban J connectivity index is 2.91. The zero-order valence-electron chi connectivity index (χ0n) is 5.48. The summed E-state index contributed by atoms with van der Waals surface area (Å²) in [7, 11) is 0. The Kier molecular flexibility index (Phi) is 2.08. The lowest BCUT2D eigenvalue weighted by Crippen LogP contribution is -2.08. The van der Waals surface area contributed by atoms with Gasteiger partial charge in [-0.15, -0.1) is 0 Å². The molecule has 0 aromatic heterocycles. The Morgan fingerprint density at radius 2 is 1.91 bits per heavy atom. The van der Waals surface area contributed by atoms with Gasteiger partial charge in [-0.3, -0.25) is 0 Å². The van der Waals surface area contributed by atoms with Crippen molar-refractivity contribution in [1.29, 1.82) is 0 Å². The summed E-state index contributed by atoms with van der Waals surface area (Å²) in [5, 5.41) is 18.2. The monoisotopic (exact) mass is 153 g/mol. The second-order valence-corrected chi connectivity index (χ2v) is 1.91. The van der Waals surface area contributed by atoms with Crippen molar-refractivity contribution in [3.8, 4) is 5.75 Å². The van der Waals surface area contributed by atoms with Crippen molar-refractivity contribution in [2.24, 2.45) is 0 Å². The Labute approximate surface area is 62.6 Å². The predicted molar refractivity (Wildman–Crippen MR) is 34.0 cm³/mol. The van der Waals surface area contributed by atoms with Crippen LogP contribution in [-0.2, 0) is 0 Å². The first-order chi connectivity index (χ1) is 5.24. The lowest BCUT2D eigenvalue weighted by Gasteiger charge is -2.06. The summed E-state index contributed by atoms with van der Waals surface area (Å²) < 4.78 is 0. The first-order valence-corrected chi connectivity index (χ1v) is 2.87. The third kappa shape index (κ3) is 1.68. The number of benzene rings is 1. The molecular formula is C7H5O4-. The van der Waals surface area contributed by atoms with E-state index < -0.39 is 5.97 Å². The van der Waals surface area contributed by atoms with E-state index in [0.29, 0.717) is 0 Å². The van der Waals surface area contributed by atoms with Crippen LogP contribution in [-0.4, -0.2) is 11.1 Å². The summed E-state index contributed by atoms with van der Waals surface area (Å²) in [4.78, 5) is 13.9. The van der Waals surface area contributed by atoms with Gasteiger partial charge < -0.3 is 15.3 Å². The van der Waals surface area contributed by atoms with E-state index in [4.69, 9.17) is 5.11 Å². The van der Waals surface area contributed by atoms with Gasteiger partial charge in [-0.25, -0.2) is 4.79 Å². The zero-order valence-corrected chi connectivity index (χ0v) is 5.48. The zero-order chi connectivity index (χ0) is 8.27. The molecule has 0 fully saturated rings. The fourth-order valence-electron chi connectivity index (χ4n) is 0.653. The van der Waals surface area contributed by atoms with Crippen LogP contribution in [0.5, 0.6) is 5.75 Å². The fourth-order valence-corrected chi connectivity index (χ4v) is 0.653. The third-order valence-corrected chi connectivity index (χ3v) is 1.20. The van der Waals surface area contributed by atoms with Gasteiger partial charge in [0, 0.05) is 0 Å². The number of aromatic carboxylic acids is 1. The van der Waals surface area contributed by atoms with Gasteiger partial charge in [-0.05, 0) is 24.3 Å². The van der Waals surface area contributed by atoms with Gasteiger partial charge in [0.05, 0.1) is 5.56 Å². The largest absolute Gasteiger partial charge is 0.664 e. The van der Waals surface area contributed by atoms with E-state index in [1.54, 1.807) is 0 Å². The van der Waals surface area contributed by atoms with Crippen molar-refractivity contribution in [2.75, 3.05) is 0 Å². The molecule has 1 N–H and O–H groups in total.